The number of rotatable bonds is 6. The number of aromatic nitrogens is 2. The van der Waals surface area contributed by atoms with Crippen LogP contribution in [-0.2, 0) is 11.3 Å². The first kappa shape index (κ1) is 24.7. The van der Waals surface area contributed by atoms with E-state index in [2.05, 4.69) is 20.6 Å². The second kappa shape index (κ2) is 10.2. The fourth-order valence-electron chi connectivity index (χ4n) is 4.68. The van der Waals surface area contributed by atoms with Gasteiger partial charge in [0.15, 0.2) is 5.82 Å². The van der Waals surface area contributed by atoms with Crippen LogP contribution >= 0.6 is 0 Å². The molecule has 2 aromatic carbocycles. The molecule has 1 aromatic heterocycles. The Labute approximate surface area is 214 Å². The summed E-state index contributed by atoms with van der Waals surface area (Å²) in [6.07, 6.45) is 1.54. The van der Waals surface area contributed by atoms with Crippen molar-refractivity contribution in [3.63, 3.8) is 0 Å². The van der Waals surface area contributed by atoms with E-state index in [1.54, 1.807) is 0 Å². The molecule has 0 spiro atoms. The molecule has 5 rings (SSSR count). The SMILES string of the molecule is Cc1nc(NCc2cccc(OC3CCN(c4cc(F)cc(F)c4)CC3)c2)nc2c1NC(=O)[C@H](C)N2C. The molecule has 0 saturated carbocycles. The normalized spacial score (nSPS) is 17.9. The molecule has 1 amide bonds. The van der Waals surface area contributed by atoms with E-state index in [1.807, 2.05) is 55.0 Å². The van der Waals surface area contributed by atoms with E-state index >= 15 is 0 Å². The molecule has 0 aliphatic carbocycles. The molecular weight excluding hydrogens is 478 g/mol. The third-order valence-corrected chi connectivity index (χ3v) is 6.92. The molecule has 2 N–H and O–H groups in total. The van der Waals surface area contributed by atoms with Gasteiger partial charge in [-0.25, -0.2) is 13.8 Å². The number of benzene rings is 2. The predicted molar refractivity (Wildman–Crippen MR) is 139 cm³/mol. The molecule has 0 unspecified atom stereocenters. The number of fused-ring (bicyclic) bond motifs is 1. The summed E-state index contributed by atoms with van der Waals surface area (Å²) < 4.78 is 33.4. The summed E-state index contributed by atoms with van der Waals surface area (Å²) in [7, 11) is 1.85. The third-order valence-electron chi connectivity index (χ3n) is 6.92. The van der Waals surface area contributed by atoms with Gasteiger partial charge in [0.25, 0.3) is 0 Å². The molecule has 1 atom stereocenters. The number of carbonyl (C=O) groups excluding carboxylic acids is 1. The van der Waals surface area contributed by atoms with Crippen molar-refractivity contribution >= 4 is 29.0 Å². The van der Waals surface area contributed by atoms with Crippen LogP contribution in [0.5, 0.6) is 5.75 Å². The van der Waals surface area contributed by atoms with Crippen molar-refractivity contribution in [2.75, 3.05) is 40.6 Å². The highest BCUT2D eigenvalue weighted by Crippen LogP contribution is 2.32. The molecule has 1 fully saturated rings. The van der Waals surface area contributed by atoms with E-state index in [4.69, 9.17) is 4.74 Å². The van der Waals surface area contributed by atoms with Crippen LogP contribution in [0.4, 0.5) is 31.9 Å². The maximum atomic E-state index is 13.6. The van der Waals surface area contributed by atoms with Crippen LogP contribution in [0, 0.1) is 18.6 Å². The highest BCUT2D eigenvalue weighted by molar-refractivity contribution is 6.03. The third kappa shape index (κ3) is 5.42. The summed E-state index contributed by atoms with van der Waals surface area (Å²) in [5.74, 6) is 0.734. The van der Waals surface area contributed by atoms with Crippen molar-refractivity contribution in [3.8, 4) is 5.75 Å². The van der Waals surface area contributed by atoms with Gasteiger partial charge in [0.1, 0.15) is 35.2 Å². The second-order valence-electron chi connectivity index (χ2n) is 9.54. The molecule has 2 aliphatic rings. The van der Waals surface area contributed by atoms with Crippen molar-refractivity contribution in [1.82, 2.24) is 9.97 Å². The molecule has 0 radical (unpaired) electrons. The van der Waals surface area contributed by atoms with Crippen LogP contribution in [0.2, 0.25) is 0 Å². The number of likely N-dealkylation sites (N-methyl/N-ethyl adjacent to an activating group) is 1. The highest BCUT2D eigenvalue weighted by Gasteiger charge is 2.30. The smallest absolute Gasteiger partial charge is 0.246 e. The number of carbonyl (C=O) groups is 1. The summed E-state index contributed by atoms with van der Waals surface area (Å²) in [5.41, 5.74) is 2.91. The highest BCUT2D eigenvalue weighted by atomic mass is 19.1. The van der Waals surface area contributed by atoms with Crippen LogP contribution in [0.3, 0.4) is 0 Å². The van der Waals surface area contributed by atoms with Gasteiger partial charge in [-0.05, 0) is 43.7 Å². The van der Waals surface area contributed by atoms with Gasteiger partial charge in [-0.15, -0.1) is 0 Å². The lowest BCUT2D eigenvalue weighted by Gasteiger charge is -2.33. The topological polar surface area (TPSA) is 82.6 Å². The monoisotopic (exact) mass is 508 g/mol. The Morgan fingerprint density at radius 1 is 1.11 bits per heavy atom. The largest absolute Gasteiger partial charge is 0.490 e. The number of anilines is 4. The molecule has 194 valence electrons. The number of nitrogens with one attached hydrogen (secondary N) is 2. The van der Waals surface area contributed by atoms with Gasteiger partial charge in [0.05, 0.1) is 5.69 Å². The van der Waals surface area contributed by atoms with Gasteiger partial charge in [-0.2, -0.15) is 4.98 Å². The Morgan fingerprint density at radius 3 is 2.57 bits per heavy atom. The molecule has 1 saturated heterocycles. The Balaban J connectivity index is 1.19. The summed E-state index contributed by atoms with van der Waals surface area (Å²) in [6.45, 7) is 5.51. The Hall–Kier alpha value is -3.95. The van der Waals surface area contributed by atoms with Gasteiger partial charge < -0.3 is 25.2 Å². The average Bonchev–Trinajstić information content (AvgIpc) is 2.87. The molecule has 0 bridgehead atoms. The second-order valence-corrected chi connectivity index (χ2v) is 9.54. The number of hydrogen-bond donors (Lipinski definition) is 2. The molecule has 3 aromatic rings. The maximum absolute atomic E-state index is 13.6. The number of piperidine rings is 1. The predicted octanol–water partition coefficient (Wildman–Crippen LogP) is 4.50. The fourth-order valence-corrected chi connectivity index (χ4v) is 4.68. The first-order chi connectivity index (χ1) is 17.8. The van der Waals surface area contributed by atoms with Gasteiger partial charge in [0, 0.05) is 51.3 Å². The van der Waals surface area contributed by atoms with Gasteiger partial charge in [0.2, 0.25) is 11.9 Å². The lowest BCUT2D eigenvalue weighted by Crippen LogP contribution is -2.44. The maximum Gasteiger partial charge on any atom is 0.246 e. The number of ether oxygens (including phenoxy) is 1. The number of halogens is 2. The number of amides is 1. The Bertz CT molecular complexity index is 1290. The molecule has 10 heteroatoms. The summed E-state index contributed by atoms with van der Waals surface area (Å²) in [5, 5.41) is 6.16. The molecule has 37 heavy (non-hydrogen) atoms. The first-order valence-corrected chi connectivity index (χ1v) is 12.4. The average molecular weight is 509 g/mol. The van der Waals surface area contributed by atoms with E-state index in [-0.39, 0.29) is 18.1 Å². The van der Waals surface area contributed by atoms with Crippen molar-refractivity contribution in [2.24, 2.45) is 0 Å². The van der Waals surface area contributed by atoms with E-state index in [0.717, 1.165) is 30.2 Å². The van der Waals surface area contributed by atoms with Crippen LogP contribution in [-0.4, -0.2) is 48.2 Å². The molecular formula is C27H30F2N6O2. The summed E-state index contributed by atoms with van der Waals surface area (Å²) in [4.78, 5) is 25.1. The van der Waals surface area contributed by atoms with Crippen LogP contribution in [0.25, 0.3) is 0 Å². The van der Waals surface area contributed by atoms with E-state index < -0.39 is 11.6 Å². The van der Waals surface area contributed by atoms with Crippen molar-refractivity contribution in [3.05, 3.63) is 65.4 Å². The van der Waals surface area contributed by atoms with Crippen molar-refractivity contribution in [2.45, 2.75) is 45.4 Å². The minimum atomic E-state index is -0.567. The lowest BCUT2D eigenvalue weighted by molar-refractivity contribution is -0.117. The van der Waals surface area contributed by atoms with Crippen LogP contribution in [0.1, 0.15) is 31.0 Å². The number of hydrogen-bond acceptors (Lipinski definition) is 7. The van der Waals surface area contributed by atoms with Gasteiger partial charge >= 0.3 is 0 Å². The van der Waals surface area contributed by atoms with Crippen LogP contribution < -0.4 is 25.2 Å². The molecule has 3 heterocycles. The zero-order chi connectivity index (χ0) is 26.1. The van der Waals surface area contributed by atoms with Gasteiger partial charge in [-0.3, -0.25) is 4.79 Å². The minimum absolute atomic E-state index is 0.0252. The zero-order valence-corrected chi connectivity index (χ0v) is 21.1. The Morgan fingerprint density at radius 2 is 1.84 bits per heavy atom. The first-order valence-electron chi connectivity index (χ1n) is 12.4. The molecule has 2 aliphatic heterocycles. The zero-order valence-electron chi connectivity index (χ0n) is 21.1. The van der Waals surface area contributed by atoms with E-state index in [9.17, 15) is 13.6 Å². The molecule has 8 nitrogen and oxygen atoms in total. The fraction of sp³-hybridized carbons (Fsp3) is 0.370. The quantitative estimate of drug-likeness (QED) is 0.507. The standard InChI is InChI=1S/C27H30F2N6O2/c1-16-24-25(34(3)17(2)26(36)32-24)33-27(31-16)30-15-18-5-4-6-23(11-18)37-22-7-9-35(10-8-22)21-13-19(28)12-20(29)14-21/h4-6,11-14,17,22H,7-10,15H2,1-3H3,(H,32,36)(H,30,31,33)/t17-/m0/s1. The van der Waals surface area contributed by atoms with Gasteiger partial charge in [-0.1, -0.05) is 12.1 Å². The summed E-state index contributed by atoms with van der Waals surface area (Å²) >= 11 is 0. The van der Waals surface area contributed by atoms with Crippen LogP contribution in [0.15, 0.2) is 42.5 Å². The van der Waals surface area contributed by atoms with Crippen molar-refractivity contribution in [1.29, 1.82) is 0 Å². The Kier molecular flexibility index (Phi) is 6.82. The number of nitrogens with zero attached hydrogens (tertiary/aromatic N) is 4. The van der Waals surface area contributed by atoms with Crippen molar-refractivity contribution < 1.29 is 18.3 Å². The lowest BCUT2D eigenvalue weighted by atomic mass is 10.1. The minimum Gasteiger partial charge on any atom is -0.490 e. The van der Waals surface area contributed by atoms with E-state index in [0.29, 0.717) is 48.5 Å². The van der Waals surface area contributed by atoms with E-state index in [1.165, 1.54) is 12.1 Å². The number of aryl methyl sites for hydroxylation is 1. The summed E-state index contributed by atoms with van der Waals surface area (Å²) in [6, 6.07) is 11.2.